The number of nitrogens with one attached hydrogen (secondary N) is 2. The lowest BCUT2D eigenvalue weighted by Crippen LogP contribution is -2.26. The lowest BCUT2D eigenvalue weighted by molar-refractivity contribution is 0.360. The van der Waals surface area contributed by atoms with Gasteiger partial charge in [-0.05, 0) is 38.5 Å². The van der Waals surface area contributed by atoms with E-state index in [9.17, 15) is 0 Å². The first-order valence-electron chi connectivity index (χ1n) is 6.26. The van der Waals surface area contributed by atoms with E-state index in [1.54, 1.807) is 6.20 Å². The highest BCUT2D eigenvalue weighted by Crippen LogP contribution is 2.26. The lowest BCUT2D eigenvalue weighted by Gasteiger charge is -2.27. The fourth-order valence-corrected chi connectivity index (χ4v) is 2.26. The van der Waals surface area contributed by atoms with Gasteiger partial charge in [0.1, 0.15) is 5.82 Å². The molecule has 0 spiro atoms. The molecule has 2 rings (SSSR count). The van der Waals surface area contributed by atoms with Crippen LogP contribution in [0.4, 0.5) is 11.8 Å². The van der Waals surface area contributed by atoms with Gasteiger partial charge in [0.25, 0.3) is 0 Å². The van der Waals surface area contributed by atoms with E-state index in [1.165, 1.54) is 25.7 Å². The van der Waals surface area contributed by atoms with Gasteiger partial charge in [0.15, 0.2) is 0 Å². The van der Waals surface area contributed by atoms with Crippen LogP contribution in [0.1, 0.15) is 38.2 Å². The number of hydrogen-bond donors (Lipinski definition) is 3. The molecule has 0 amide bonds. The van der Waals surface area contributed by atoms with Crippen molar-refractivity contribution in [2.45, 2.75) is 45.6 Å². The van der Waals surface area contributed by atoms with Crippen LogP contribution in [0.5, 0.6) is 0 Å². The molecule has 0 radical (unpaired) electrons. The van der Waals surface area contributed by atoms with Gasteiger partial charge in [-0.3, -0.25) is 5.43 Å². The second-order valence-electron chi connectivity index (χ2n) is 4.97. The highest BCUT2D eigenvalue weighted by molar-refractivity contribution is 5.46. The zero-order valence-corrected chi connectivity index (χ0v) is 10.5. The van der Waals surface area contributed by atoms with E-state index < -0.39 is 0 Å². The second kappa shape index (κ2) is 5.31. The van der Waals surface area contributed by atoms with Crippen LogP contribution >= 0.6 is 0 Å². The first-order chi connectivity index (χ1) is 8.19. The molecule has 1 aliphatic rings. The molecule has 5 nitrogen and oxygen atoms in total. The van der Waals surface area contributed by atoms with E-state index in [2.05, 4.69) is 27.6 Å². The zero-order chi connectivity index (χ0) is 12.3. The normalized spacial score (nSPS) is 24.4. The Morgan fingerprint density at radius 1 is 1.29 bits per heavy atom. The van der Waals surface area contributed by atoms with Gasteiger partial charge in [-0.1, -0.05) is 6.92 Å². The number of nitrogen functional groups attached to an aromatic ring is 1. The minimum Gasteiger partial charge on any atom is -0.367 e. The molecule has 0 saturated heterocycles. The van der Waals surface area contributed by atoms with Crippen molar-refractivity contribution in [2.24, 2.45) is 11.8 Å². The summed E-state index contributed by atoms with van der Waals surface area (Å²) >= 11 is 0. The van der Waals surface area contributed by atoms with Crippen LogP contribution in [0.3, 0.4) is 0 Å². The number of anilines is 2. The van der Waals surface area contributed by atoms with Crippen molar-refractivity contribution < 1.29 is 0 Å². The fraction of sp³-hybridized carbons (Fsp3) is 0.667. The molecule has 0 unspecified atom stereocenters. The maximum atomic E-state index is 5.32. The standard InChI is InChI=1S/C12H21N5/c1-8-3-5-10(6-4-8)15-11-9(2)7-14-12(16-11)17-13/h7-8,10H,3-6,13H2,1-2H3,(H2,14,15,16,17). The van der Waals surface area contributed by atoms with Crippen molar-refractivity contribution in [1.29, 1.82) is 0 Å². The van der Waals surface area contributed by atoms with Gasteiger partial charge in [-0.25, -0.2) is 10.8 Å². The Balaban J connectivity index is 2.02. The monoisotopic (exact) mass is 235 g/mol. The van der Waals surface area contributed by atoms with Crippen LogP contribution in [-0.4, -0.2) is 16.0 Å². The average Bonchev–Trinajstić information content (AvgIpc) is 2.35. The number of hydrogen-bond acceptors (Lipinski definition) is 5. The molecular weight excluding hydrogens is 214 g/mol. The summed E-state index contributed by atoms with van der Waals surface area (Å²) in [6.07, 6.45) is 6.82. The predicted molar refractivity (Wildman–Crippen MR) is 69.6 cm³/mol. The lowest BCUT2D eigenvalue weighted by atomic mass is 9.87. The highest BCUT2D eigenvalue weighted by atomic mass is 15.3. The second-order valence-corrected chi connectivity index (χ2v) is 4.97. The van der Waals surface area contributed by atoms with Crippen LogP contribution in [0.2, 0.25) is 0 Å². The Bertz CT molecular complexity index is 371. The number of aryl methyl sites for hydroxylation is 1. The van der Waals surface area contributed by atoms with Crippen molar-refractivity contribution in [3.05, 3.63) is 11.8 Å². The molecule has 4 N–H and O–H groups in total. The van der Waals surface area contributed by atoms with E-state index in [0.717, 1.165) is 17.3 Å². The van der Waals surface area contributed by atoms with Gasteiger partial charge >= 0.3 is 0 Å². The fourth-order valence-electron chi connectivity index (χ4n) is 2.26. The Labute approximate surface area is 102 Å². The van der Waals surface area contributed by atoms with Crippen molar-refractivity contribution in [3.8, 4) is 0 Å². The molecule has 0 atom stereocenters. The van der Waals surface area contributed by atoms with E-state index in [0.29, 0.717) is 12.0 Å². The van der Waals surface area contributed by atoms with E-state index >= 15 is 0 Å². The molecule has 5 heteroatoms. The Morgan fingerprint density at radius 3 is 2.65 bits per heavy atom. The summed E-state index contributed by atoms with van der Waals surface area (Å²) in [6.45, 7) is 4.33. The van der Waals surface area contributed by atoms with Crippen LogP contribution in [0, 0.1) is 12.8 Å². The number of aromatic nitrogens is 2. The largest absolute Gasteiger partial charge is 0.367 e. The molecular formula is C12H21N5. The zero-order valence-electron chi connectivity index (χ0n) is 10.5. The molecule has 1 aromatic heterocycles. The molecule has 1 fully saturated rings. The van der Waals surface area contributed by atoms with E-state index in [-0.39, 0.29) is 0 Å². The summed E-state index contributed by atoms with van der Waals surface area (Å²) < 4.78 is 0. The predicted octanol–water partition coefficient (Wildman–Crippen LogP) is 2.06. The van der Waals surface area contributed by atoms with Crippen molar-refractivity contribution in [1.82, 2.24) is 9.97 Å². The molecule has 0 aromatic carbocycles. The third-order valence-electron chi connectivity index (χ3n) is 3.46. The average molecular weight is 235 g/mol. The smallest absolute Gasteiger partial charge is 0.239 e. The number of hydrazine groups is 1. The first-order valence-corrected chi connectivity index (χ1v) is 6.26. The molecule has 94 valence electrons. The molecule has 0 bridgehead atoms. The van der Waals surface area contributed by atoms with Gasteiger partial charge in [0.2, 0.25) is 5.95 Å². The first kappa shape index (κ1) is 12.1. The summed E-state index contributed by atoms with van der Waals surface area (Å²) in [5, 5.41) is 3.50. The third-order valence-corrected chi connectivity index (χ3v) is 3.46. The number of nitrogens with two attached hydrogens (primary N) is 1. The minimum absolute atomic E-state index is 0.460. The number of nitrogens with zero attached hydrogens (tertiary/aromatic N) is 2. The maximum absolute atomic E-state index is 5.32. The summed E-state index contributed by atoms with van der Waals surface area (Å²) in [5.41, 5.74) is 3.53. The quantitative estimate of drug-likeness (QED) is 0.552. The Kier molecular flexibility index (Phi) is 3.78. The van der Waals surface area contributed by atoms with E-state index in [1.807, 2.05) is 6.92 Å². The summed E-state index contributed by atoms with van der Waals surface area (Å²) in [6, 6.07) is 0.533. The topological polar surface area (TPSA) is 75.9 Å². The van der Waals surface area contributed by atoms with Crippen molar-refractivity contribution in [3.63, 3.8) is 0 Å². The van der Waals surface area contributed by atoms with Crippen LogP contribution in [0.25, 0.3) is 0 Å². The SMILES string of the molecule is Cc1cnc(NN)nc1NC1CCC(C)CC1. The van der Waals surface area contributed by atoms with Crippen molar-refractivity contribution in [2.75, 3.05) is 10.7 Å². The third kappa shape index (κ3) is 3.06. The van der Waals surface area contributed by atoms with Gasteiger partial charge < -0.3 is 5.32 Å². The Morgan fingerprint density at radius 2 is 2.00 bits per heavy atom. The molecule has 1 heterocycles. The highest BCUT2D eigenvalue weighted by Gasteiger charge is 2.19. The summed E-state index contributed by atoms with van der Waals surface area (Å²) in [5.74, 6) is 7.54. The number of rotatable bonds is 3. The van der Waals surface area contributed by atoms with Gasteiger partial charge in [0, 0.05) is 17.8 Å². The minimum atomic E-state index is 0.460. The molecule has 1 aliphatic carbocycles. The van der Waals surface area contributed by atoms with Gasteiger partial charge in [-0.2, -0.15) is 4.98 Å². The van der Waals surface area contributed by atoms with Crippen LogP contribution < -0.4 is 16.6 Å². The molecule has 17 heavy (non-hydrogen) atoms. The van der Waals surface area contributed by atoms with Gasteiger partial charge in [0.05, 0.1) is 0 Å². The Hall–Kier alpha value is -1.36. The van der Waals surface area contributed by atoms with Gasteiger partial charge in [-0.15, -0.1) is 0 Å². The van der Waals surface area contributed by atoms with Crippen molar-refractivity contribution >= 4 is 11.8 Å². The van der Waals surface area contributed by atoms with E-state index in [4.69, 9.17) is 5.84 Å². The van der Waals surface area contributed by atoms with Crippen LogP contribution in [0.15, 0.2) is 6.20 Å². The summed E-state index contributed by atoms with van der Waals surface area (Å²) in [4.78, 5) is 8.42. The molecule has 1 aromatic rings. The maximum Gasteiger partial charge on any atom is 0.239 e. The molecule has 1 saturated carbocycles. The molecule has 0 aliphatic heterocycles. The van der Waals surface area contributed by atoms with Crippen LogP contribution in [-0.2, 0) is 0 Å². The summed E-state index contributed by atoms with van der Waals surface area (Å²) in [7, 11) is 0.